The predicted molar refractivity (Wildman–Crippen MR) is 104 cm³/mol. The largest absolute Gasteiger partial charge is 0.339 e. The van der Waals surface area contributed by atoms with Crippen LogP contribution in [0.3, 0.4) is 0 Å². The molecule has 1 fully saturated rings. The molecule has 7 nitrogen and oxygen atoms in total. The van der Waals surface area contributed by atoms with E-state index in [0.717, 1.165) is 16.7 Å². The average molecular weight is 391 g/mol. The third-order valence-electron chi connectivity index (χ3n) is 5.00. The summed E-state index contributed by atoms with van der Waals surface area (Å²) in [4.78, 5) is 14.0. The number of sulfonamides is 1. The zero-order valence-electron chi connectivity index (χ0n) is 16.4. The number of benzene rings is 1. The van der Waals surface area contributed by atoms with Gasteiger partial charge in [0.1, 0.15) is 0 Å². The Morgan fingerprint density at radius 1 is 1.22 bits per heavy atom. The van der Waals surface area contributed by atoms with Crippen molar-refractivity contribution in [3.63, 3.8) is 0 Å². The van der Waals surface area contributed by atoms with Crippen molar-refractivity contribution in [2.24, 2.45) is 7.05 Å². The molecule has 1 amide bonds. The average Bonchev–Trinajstić information content (AvgIpc) is 3.14. The van der Waals surface area contributed by atoms with Crippen molar-refractivity contribution in [1.29, 1.82) is 0 Å². The first-order valence-electron chi connectivity index (χ1n) is 9.00. The Bertz CT molecular complexity index is 979. The van der Waals surface area contributed by atoms with Crippen LogP contribution < -0.4 is 4.72 Å². The van der Waals surface area contributed by atoms with Gasteiger partial charge in [0, 0.05) is 49.4 Å². The molecule has 0 radical (unpaired) electrons. The van der Waals surface area contributed by atoms with Gasteiger partial charge in [-0.1, -0.05) is 0 Å². The normalized spacial score (nSPS) is 17.9. The van der Waals surface area contributed by atoms with Crippen molar-refractivity contribution in [1.82, 2.24) is 19.4 Å². The number of nitrogens with zero attached hydrogens (tertiary/aromatic N) is 3. The maximum absolute atomic E-state index is 13.2. The van der Waals surface area contributed by atoms with Gasteiger partial charge in [-0.05, 0) is 51.0 Å². The number of aryl methyl sites for hydroxylation is 3. The van der Waals surface area contributed by atoms with E-state index in [1.807, 2.05) is 33.8 Å². The second kappa shape index (κ2) is 7.09. The first-order chi connectivity index (χ1) is 12.6. The summed E-state index contributed by atoms with van der Waals surface area (Å²) in [5, 5.41) is 4.16. The van der Waals surface area contributed by atoms with Gasteiger partial charge in [0.25, 0.3) is 0 Å². The third kappa shape index (κ3) is 3.91. The molecule has 8 heteroatoms. The Hall–Kier alpha value is -2.19. The number of likely N-dealkylation sites (tertiary alicyclic amines) is 1. The molecule has 0 bridgehead atoms. The number of amides is 1. The molecule has 1 unspecified atom stereocenters. The van der Waals surface area contributed by atoms with Crippen LogP contribution in [0, 0.1) is 13.8 Å². The van der Waals surface area contributed by atoms with Gasteiger partial charge < -0.3 is 4.90 Å². The molecule has 1 aliphatic heterocycles. The highest BCUT2D eigenvalue weighted by Crippen LogP contribution is 2.30. The molecule has 1 saturated heterocycles. The molecule has 2 aromatic rings. The third-order valence-corrected chi connectivity index (χ3v) is 6.57. The van der Waals surface area contributed by atoms with Crippen LogP contribution in [-0.4, -0.2) is 47.6 Å². The zero-order chi connectivity index (χ0) is 19.9. The Labute approximate surface area is 160 Å². The summed E-state index contributed by atoms with van der Waals surface area (Å²) in [5.74, 6) is -0.0229. The summed E-state index contributed by atoms with van der Waals surface area (Å²) in [7, 11) is -2.00. The number of hydrogen-bond donors (Lipinski definition) is 1. The van der Waals surface area contributed by atoms with E-state index in [-0.39, 0.29) is 23.3 Å². The van der Waals surface area contributed by atoms with E-state index in [9.17, 15) is 13.2 Å². The van der Waals surface area contributed by atoms with Crippen molar-refractivity contribution in [3.8, 4) is 11.1 Å². The zero-order valence-corrected chi connectivity index (χ0v) is 17.2. The minimum absolute atomic E-state index is 0.0229. The minimum Gasteiger partial charge on any atom is -0.339 e. The first-order valence-corrected chi connectivity index (χ1v) is 10.5. The summed E-state index contributed by atoms with van der Waals surface area (Å²) in [6.07, 6.45) is 3.63. The van der Waals surface area contributed by atoms with Crippen LogP contribution in [0.4, 0.5) is 0 Å². The molecule has 1 aliphatic rings. The summed E-state index contributed by atoms with van der Waals surface area (Å²) in [5.41, 5.74) is 3.26. The van der Waals surface area contributed by atoms with Crippen LogP contribution >= 0.6 is 0 Å². The van der Waals surface area contributed by atoms with Crippen LogP contribution in [0.15, 0.2) is 29.4 Å². The summed E-state index contributed by atoms with van der Waals surface area (Å²) < 4.78 is 30.7. The number of hydrogen-bond acceptors (Lipinski definition) is 4. The van der Waals surface area contributed by atoms with Gasteiger partial charge >= 0.3 is 0 Å². The summed E-state index contributed by atoms with van der Waals surface area (Å²) in [6, 6.07) is 3.20. The highest BCUT2D eigenvalue weighted by molar-refractivity contribution is 7.89. The van der Waals surface area contributed by atoms with Gasteiger partial charge in [0.15, 0.2) is 0 Å². The van der Waals surface area contributed by atoms with E-state index in [1.54, 1.807) is 35.1 Å². The lowest BCUT2D eigenvalue weighted by Gasteiger charge is -2.21. The molecule has 0 saturated carbocycles. The molecule has 2 heterocycles. The number of nitrogens with one attached hydrogen (secondary N) is 1. The number of rotatable bonds is 5. The smallest absolute Gasteiger partial charge is 0.241 e. The van der Waals surface area contributed by atoms with Crippen LogP contribution in [0.25, 0.3) is 11.1 Å². The van der Waals surface area contributed by atoms with E-state index in [4.69, 9.17) is 0 Å². The predicted octanol–water partition coefficient (Wildman–Crippen LogP) is 1.99. The monoisotopic (exact) mass is 390 g/mol. The highest BCUT2D eigenvalue weighted by Gasteiger charge is 2.34. The molecule has 27 heavy (non-hydrogen) atoms. The van der Waals surface area contributed by atoms with Gasteiger partial charge in [0.2, 0.25) is 15.9 Å². The van der Waals surface area contributed by atoms with Crippen molar-refractivity contribution < 1.29 is 13.2 Å². The molecule has 1 aromatic carbocycles. The highest BCUT2D eigenvalue weighted by atomic mass is 32.2. The van der Waals surface area contributed by atoms with Crippen LogP contribution in [0.5, 0.6) is 0 Å². The molecule has 1 N–H and O–H groups in total. The van der Waals surface area contributed by atoms with Crippen LogP contribution in [0.1, 0.15) is 31.4 Å². The lowest BCUT2D eigenvalue weighted by atomic mass is 10.0. The molecule has 0 aliphatic carbocycles. The lowest BCUT2D eigenvalue weighted by Crippen LogP contribution is -2.39. The molecule has 0 spiro atoms. The van der Waals surface area contributed by atoms with E-state index in [2.05, 4.69) is 9.82 Å². The maximum atomic E-state index is 13.2. The number of aromatic nitrogens is 2. The minimum atomic E-state index is -3.79. The molecule has 1 atom stereocenters. The lowest BCUT2D eigenvalue weighted by molar-refractivity contribution is -0.129. The van der Waals surface area contributed by atoms with Gasteiger partial charge in [-0.25, -0.2) is 13.1 Å². The van der Waals surface area contributed by atoms with E-state index >= 15 is 0 Å². The Morgan fingerprint density at radius 3 is 2.44 bits per heavy atom. The fourth-order valence-electron chi connectivity index (χ4n) is 3.39. The number of carbonyl (C=O) groups is 1. The standard InChI is InChI=1S/C19H26N4O3S/c1-12(2)23-11-16(8-19(23)24)21-27(25,26)18-7-14(4)13(3)6-17(18)15-9-20-22(5)10-15/h6-7,9-10,12,16,21H,8,11H2,1-5H3. The first kappa shape index (κ1) is 19.6. The van der Waals surface area contributed by atoms with Crippen molar-refractivity contribution in [2.45, 2.75) is 51.1 Å². The second-order valence-electron chi connectivity index (χ2n) is 7.50. The quantitative estimate of drug-likeness (QED) is 0.846. The molecule has 3 rings (SSSR count). The van der Waals surface area contributed by atoms with E-state index in [0.29, 0.717) is 12.1 Å². The van der Waals surface area contributed by atoms with Crippen LogP contribution in [0.2, 0.25) is 0 Å². The van der Waals surface area contributed by atoms with E-state index in [1.165, 1.54) is 0 Å². The Balaban J connectivity index is 1.97. The van der Waals surface area contributed by atoms with E-state index < -0.39 is 16.1 Å². The maximum Gasteiger partial charge on any atom is 0.241 e. The Kier molecular flexibility index (Phi) is 5.14. The second-order valence-corrected chi connectivity index (χ2v) is 9.18. The van der Waals surface area contributed by atoms with Gasteiger partial charge in [-0.3, -0.25) is 9.48 Å². The van der Waals surface area contributed by atoms with Gasteiger partial charge in [-0.2, -0.15) is 5.10 Å². The molecule has 146 valence electrons. The van der Waals surface area contributed by atoms with Gasteiger partial charge in [-0.15, -0.1) is 0 Å². The van der Waals surface area contributed by atoms with Crippen molar-refractivity contribution in [2.75, 3.05) is 6.54 Å². The van der Waals surface area contributed by atoms with Crippen LogP contribution in [-0.2, 0) is 21.9 Å². The summed E-state index contributed by atoms with van der Waals surface area (Å²) in [6.45, 7) is 8.09. The van der Waals surface area contributed by atoms with Gasteiger partial charge in [0.05, 0.1) is 11.1 Å². The molecular formula is C19H26N4O3S. The number of carbonyl (C=O) groups excluding carboxylic acids is 1. The Morgan fingerprint density at radius 2 is 1.89 bits per heavy atom. The fraction of sp³-hybridized carbons (Fsp3) is 0.474. The topological polar surface area (TPSA) is 84.3 Å². The van der Waals surface area contributed by atoms with Crippen molar-refractivity contribution in [3.05, 3.63) is 35.7 Å². The van der Waals surface area contributed by atoms with Crippen molar-refractivity contribution >= 4 is 15.9 Å². The fourth-order valence-corrected chi connectivity index (χ4v) is 4.91. The molecular weight excluding hydrogens is 364 g/mol. The summed E-state index contributed by atoms with van der Waals surface area (Å²) >= 11 is 0. The molecule has 1 aromatic heterocycles. The SMILES string of the molecule is Cc1cc(-c2cnn(C)c2)c(S(=O)(=O)NC2CC(=O)N(C(C)C)C2)cc1C.